The number of likely N-dealkylation sites (tertiary alicyclic amines) is 2. The number of aromatic amines is 1. The van der Waals surface area contributed by atoms with Crippen molar-refractivity contribution in [1.29, 1.82) is 0 Å². The van der Waals surface area contributed by atoms with Gasteiger partial charge < -0.3 is 44.8 Å². The molecule has 8 aliphatic rings. The molecule has 13 rings (SSSR count). The maximum absolute atomic E-state index is 16.0. The van der Waals surface area contributed by atoms with Crippen molar-refractivity contribution in [3.05, 3.63) is 93.7 Å². The van der Waals surface area contributed by atoms with Gasteiger partial charge in [-0.15, -0.1) is 0 Å². The Labute approximate surface area is 405 Å². The van der Waals surface area contributed by atoms with Crippen LogP contribution in [0.15, 0.2) is 76.7 Å². The van der Waals surface area contributed by atoms with Gasteiger partial charge >= 0.3 is 0 Å². The van der Waals surface area contributed by atoms with Crippen LogP contribution in [0.25, 0.3) is 11.0 Å². The summed E-state index contributed by atoms with van der Waals surface area (Å²) in [6.07, 6.45) is 6.54. The quantitative estimate of drug-likeness (QED) is 0.0983. The fourth-order valence-electron chi connectivity index (χ4n) is 13.2. The average molecular weight is 972 g/mol. The number of H-pyrrole nitrogens is 1. The van der Waals surface area contributed by atoms with Crippen LogP contribution in [0.4, 0.5) is 28.4 Å². The molecule has 5 aromatic rings. The third kappa shape index (κ3) is 6.97. The van der Waals surface area contributed by atoms with Crippen LogP contribution in [0.3, 0.4) is 0 Å². The molecule has 7 aliphatic heterocycles. The number of primary amides is 1. The second-order valence-corrected chi connectivity index (χ2v) is 23.0. The molecule has 0 unspecified atom stereocenters. The molecule has 6 fully saturated rings. The third-order valence-electron chi connectivity index (χ3n) is 16.5. The topological polar surface area (TPSA) is 211 Å². The number of anilines is 4. The Morgan fingerprint density at radius 1 is 1.03 bits per heavy atom. The van der Waals surface area contributed by atoms with E-state index >= 15 is 8.42 Å². The Morgan fingerprint density at radius 3 is 2.64 bits per heavy atom. The van der Waals surface area contributed by atoms with E-state index in [9.17, 15) is 14.9 Å². The lowest BCUT2D eigenvalue weighted by Crippen LogP contribution is -2.66. The first-order valence-corrected chi connectivity index (χ1v) is 26.2. The minimum absolute atomic E-state index is 0.0371. The summed E-state index contributed by atoms with van der Waals surface area (Å²) in [5.74, 6) is -0.125. The summed E-state index contributed by atoms with van der Waals surface area (Å²) in [4.78, 5) is 42.6. The Kier molecular flexibility index (Phi) is 10.2. The molecule has 6 atom stereocenters. The molecule has 3 aromatic carbocycles. The summed E-state index contributed by atoms with van der Waals surface area (Å²) < 4.78 is 56.6. The number of nitrogens with one attached hydrogen (secondary N) is 2. The van der Waals surface area contributed by atoms with E-state index in [0.29, 0.717) is 61.3 Å². The zero-order valence-corrected chi connectivity index (χ0v) is 40.0. The van der Waals surface area contributed by atoms with Gasteiger partial charge in [0.05, 0.1) is 64.8 Å². The number of nitro benzene ring substituents is 1. The number of sulfone groups is 1. The van der Waals surface area contributed by atoms with Crippen LogP contribution in [-0.2, 0) is 19.3 Å². The number of fused-ring (bicyclic) bond motifs is 6. The number of amides is 1. The van der Waals surface area contributed by atoms with Crippen molar-refractivity contribution in [2.45, 2.75) is 104 Å². The molecule has 9 heterocycles. The predicted octanol–water partition coefficient (Wildman–Crippen LogP) is 6.28. The Morgan fingerprint density at radius 2 is 1.87 bits per heavy atom. The molecule has 0 radical (unpaired) electrons. The highest BCUT2D eigenvalue weighted by Gasteiger charge is 2.56. The number of benzene rings is 3. The lowest BCUT2D eigenvalue weighted by atomic mass is 9.60. The van der Waals surface area contributed by atoms with Gasteiger partial charge in [-0.25, -0.2) is 8.42 Å². The highest BCUT2D eigenvalue weighted by Crippen LogP contribution is 2.57. The van der Waals surface area contributed by atoms with Crippen LogP contribution >= 0.6 is 0 Å². The van der Waals surface area contributed by atoms with Crippen LogP contribution < -0.4 is 30.3 Å². The molecule has 1 spiro atoms. The molecule has 2 aromatic heterocycles. The van der Waals surface area contributed by atoms with E-state index in [0.717, 1.165) is 56.6 Å². The highest BCUT2D eigenvalue weighted by molar-refractivity contribution is 7.91. The summed E-state index contributed by atoms with van der Waals surface area (Å²) in [6.45, 7) is 9.28. The summed E-state index contributed by atoms with van der Waals surface area (Å²) in [5, 5.41) is 17.1. The summed E-state index contributed by atoms with van der Waals surface area (Å²) >= 11 is 0. The molecular formula is C51H57N9O9S. The standard InChI is InChI=1S/C51H57N9O9S/c1-28(2)35-6-3-4-7-36(35)38-8-5-13-58(38)32-18-51(19-32)26-57(27-51)39-10-9-37(48(52)61)46(59-41-14-29-11-12-53-49(29)55-50(41)69-44-25-66-24-42(44)59)47(39)70(64,65)34-16-40(60(62)63)45-43(17-34)68-22-30(54-45)20-56-21-33-15-31(56)23-67-33/h3-4,6-7,9-12,14,16-17,28,30-33,38,42,44,54H,5,8,13,15,18-27H2,1-2H3,(H2,52,61)(H,53,55)/t30-,31-,33-,38-,42-,44-/m0/s1. The van der Waals surface area contributed by atoms with Crippen molar-refractivity contribution in [3.63, 3.8) is 0 Å². The van der Waals surface area contributed by atoms with Crippen molar-refractivity contribution >= 4 is 55.2 Å². The largest absolute Gasteiger partial charge is 0.489 e. The number of aromatic nitrogens is 2. The first-order chi connectivity index (χ1) is 33.8. The number of carbonyl (C=O) groups excluding carboxylic acids is 1. The molecule has 19 heteroatoms. The molecule has 2 bridgehead atoms. The predicted molar refractivity (Wildman–Crippen MR) is 260 cm³/mol. The van der Waals surface area contributed by atoms with E-state index in [2.05, 4.69) is 63.1 Å². The zero-order valence-electron chi connectivity index (χ0n) is 39.2. The SMILES string of the molecule is CC(C)c1ccccc1[C@@H]1CCCN1C1CC2(C1)CN(c1ccc(C(N)=O)c(N3c4cc5cc[nH]c5nc4O[C@H]4COC[C@@H]43)c1S(=O)(=O)c1cc3c(c([N+](=O)[O-])c1)N[C@@H](CN1C[C@@H]4C[C@H]1CO4)CO3)C2. The van der Waals surface area contributed by atoms with Crippen molar-refractivity contribution in [2.24, 2.45) is 11.1 Å². The van der Waals surface area contributed by atoms with E-state index in [1.54, 1.807) is 23.2 Å². The first kappa shape index (κ1) is 44.0. The lowest BCUT2D eigenvalue weighted by molar-refractivity contribution is -0.384. The van der Waals surface area contributed by atoms with Gasteiger partial charge in [-0.05, 0) is 80.0 Å². The second-order valence-electron chi connectivity index (χ2n) is 21.2. The van der Waals surface area contributed by atoms with E-state index in [1.165, 1.54) is 17.2 Å². The smallest absolute Gasteiger partial charge is 0.297 e. The maximum atomic E-state index is 16.0. The number of nitro groups is 1. The third-order valence-corrected chi connectivity index (χ3v) is 18.3. The molecule has 4 N–H and O–H groups in total. The molecule has 1 saturated carbocycles. The number of ether oxygens (including phenoxy) is 4. The molecule has 366 valence electrons. The molecule has 70 heavy (non-hydrogen) atoms. The Hall–Kier alpha value is -5.99. The average Bonchev–Trinajstić information content (AvgIpc) is 4.19. The minimum Gasteiger partial charge on any atom is -0.489 e. The number of pyridine rings is 1. The summed E-state index contributed by atoms with van der Waals surface area (Å²) in [7, 11) is -4.76. The van der Waals surface area contributed by atoms with Crippen LogP contribution in [0, 0.1) is 15.5 Å². The molecule has 5 saturated heterocycles. The normalized spacial score (nSPS) is 26.9. The highest BCUT2D eigenvalue weighted by atomic mass is 32.2. The van der Waals surface area contributed by atoms with Gasteiger partial charge in [0.15, 0.2) is 11.4 Å². The van der Waals surface area contributed by atoms with Gasteiger partial charge in [0.25, 0.3) is 11.6 Å². The second kappa shape index (κ2) is 16.3. The molecule has 1 amide bonds. The summed E-state index contributed by atoms with van der Waals surface area (Å²) in [6, 6.07) is 18.5. The Balaban J connectivity index is 0.897. The number of rotatable bonds is 11. The molecule has 1 aliphatic carbocycles. The first-order valence-electron chi connectivity index (χ1n) is 24.7. The van der Waals surface area contributed by atoms with Crippen LogP contribution in [0.1, 0.15) is 79.4 Å². The summed E-state index contributed by atoms with van der Waals surface area (Å²) in [5.41, 5.74) is 10.1. The van der Waals surface area contributed by atoms with E-state index in [-0.39, 0.29) is 81.8 Å². The van der Waals surface area contributed by atoms with Crippen molar-refractivity contribution in [1.82, 2.24) is 19.8 Å². The van der Waals surface area contributed by atoms with Gasteiger partial charge in [0.2, 0.25) is 15.7 Å². The lowest BCUT2D eigenvalue weighted by Gasteiger charge is -2.62. The maximum Gasteiger partial charge on any atom is 0.297 e. The minimum atomic E-state index is -4.76. The number of hydrogen-bond donors (Lipinski definition) is 3. The zero-order chi connectivity index (χ0) is 47.8. The van der Waals surface area contributed by atoms with Gasteiger partial charge in [-0.1, -0.05) is 38.1 Å². The van der Waals surface area contributed by atoms with Crippen LogP contribution in [0.2, 0.25) is 0 Å². The van der Waals surface area contributed by atoms with Crippen molar-refractivity contribution < 1.29 is 37.1 Å². The fourth-order valence-corrected chi connectivity index (χ4v) is 14.9. The van der Waals surface area contributed by atoms with E-state index in [1.807, 2.05) is 12.1 Å². The van der Waals surface area contributed by atoms with Crippen molar-refractivity contribution in [3.8, 4) is 11.6 Å². The van der Waals surface area contributed by atoms with Crippen LogP contribution in [-0.4, -0.2) is 135 Å². The van der Waals surface area contributed by atoms with Gasteiger partial charge in [-0.2, -0.15) is 4.98 Å². The van der Waals surface area contributed by atoms with E-state index < -0.39 is 38.5 Å². The number of morpholine rings is 1. The van der Waals surface area contributed by atoms with Crippen LogP contribution in [0.5, 0.6) is 11.6 Å². The van der Waals surface area contributed by atoms with E-state index in [4.69, 9.17) is 29.7 Å². The van der Waals surface area contributed by atoms with Gasteiger partial charge in [-0.3, -0.25) is 24.7 Å². The fraction of sp³-hybridized carbons (Fsp3) is 0.490. The van der Waals surface area contributed by atoms with Gasteiger partial charge in [0.1, 0.15) is 28.9 Å². The number of nitrogens with two attached hydrogens (primary N) is 1. The number of carbonyl (C=O) groups is 1. The Bertz CT molecular complexity index is 3080. The van der Waals surface area contributed by atoms with Gasteiger partial charge in [0, 0.05) is 73.4 Å². The number of nitrogens with zero attached hydrogens (tertiary/aromatic N) is 6. The van der Waals surface area contributed by atoms with Crippen molar-refractivity contribution in [2.75, 3.05) is 74.3 Å². The number of hydrogen-bond acceptors (Lipinski definition) is 15. The molecular weight excluding hydrogens is 915 g/mol. The molecule has 18 nitrogen and oxygen atoms in total. The monoisotopic (exact) mass is 971 g/mol.